The quantitative estimate of drug-likeness (QED) is 0.720. The number of benzene rings is 1. The van der Waals surface area contributed by atoms with Gasteiger partial charge in [0.15, 0.2) is 5.78 Å². The molecule has 2 aliphatic heterocycles. The first-order valence-corrected chi connectivity index (χ1v) is 7.62. The molecule has 0 saturated carbocycles. The monoisotopic (exact) mass is 299 g/mol. The van der Waals surface area contributed by atoms with Gasteiger partial charge >= 0.3 is 6.03 Å². The van der Waals surface area contributed by atoms with E-state index in [0.29, 0.717) is 6.42 Å². The molecule has 0 bridgehead atoms. The number of Topliss-reactive ketones (excluding diaryl/α,β-unsaturated/α-hetero) is 1. The zero-order chi connectivity index (χ0) is 15.4. The Morgan fingerprint density at radius 1 is 1.09 bits per heavy atom. The Morgan fingerprint density at radius 3 is 2.64 bits per heavy atom. The second-order valence-electron chi connectivity index (χ2n) is 6.16. The number of rotatable bonds is 1. The molecule has 2 fully saturated rings. The molecule has 1 aromatic carbocycles. The van der Waals surface area contributed by atoms with Crippen LogP contribution in [-0.4, -0.2) is 23.9 Å². The standard InChI is InChI=1S/C16H17N3O3/c1-2-7-10-12(8-5-3-4-6-9(8)13(10)20)17-14-11(7)15(21)19-16(22)18-14/h3-7,10-12,14,17H,2H2,1H3,(H2,18,19,21,22). The normalized spacial score (nSPS) is 36.0. The number of fused-ring (bicyclic) bond motifs is 4. The van der Waals surface area contributed by atoms with E-state index in [2.05, 4.69) is 16.0 Å². The van der Waals surface area contributed by atoms with E-state index in [9.17, 15) is 14.4 Å². The summed E-state index contributed by atoms with van der Waals surface area (Å²) in [6, 6.07) is 6.94. The summed E-state index contributed by atoms with van der Waals surface area (Å²) < 4.78 is 0. The van der Waals surface area contributed by atoms with Crippen molar-refractivity contribution >= 4 is 17.7 Å². The number of ketones is 1. The van der Waals surface area contributed by atoms with Crippen LogP contribution in [0.5, 0.6) is 0 Å². The highest BCUT2D eigenvalue weighted by Crippen LogP contribution is 2.47. The topological polar surface area (TPSA) is 87.3 Å². The smallest absolute Gasteiger partial charge is 0.322 e. The molecule has 0 radical (unpaired) electrons. The average Bonchev–Trinajstić information content (AvgIpc) is 2.78. The SMILES string of the molecule is CCC1C2C(=O)NC(=O)NC2NC2c3ccccc3C(=O)C21. The lowest BCUT2D eigenvalue weighted by Gasteiger charge is -2.46. The second kappa shape index (κ2) is 4.64. The van der Waals surface area contributed by atoms with Gasteiger partial charge < -0.3 is 5.32 Å². The molecule has 6 heteroatoms. The lowest BCUT2D eigenvalue weighted by Crippen LogP contribution is -2.69. The van der Waals surface area contributed by atoms with E-state index in [1.807, 2.05) is 31.2 Å². The maximum atomic E-state index is 12.8. The van der Waals surface area contributed by atoms with Crippen LogP contribution in [0.15, 0.2) is 24.3 Å². The molecule has 0 aromatic heterocycles. The van der Waals surface area contributed by atoms with Crippen molar-refractivity contribution in [2.75, 3.05) is 0 Å². The predicted molar refractivity (Wildman–Crippen MR) is 77.9 cm³/mol. The molecule has 3 amide bonds. The first-order chi connectivity index (χ1) is 10.6. The van der Waals surface area contributed by atoms with Crippen molar-refractivity contribution in [1.29, 1.82) is 0 Å². The third kappa shape index (κ3) is 1.67. The van der Waals surface area contributed by atoms with Crippen LogP contribution in [0.3, 0.4) is 0 Å². The van der Waals surface area contributed by atoms with Gasteiger partial charge in [0, 0.05) is 17.5 Å². The van der Waals surface area contributed by atoms with Crippen molar-refractivity contribution in [3.8, 4) is 0 Å². The highest BCUT2D eigenvalue weighted by atomic mass is 16.2. The molecule has 3 aliphatic rings. The van der Waals surface area contributed by atoms with Gasteiger partial charge in [0.25, 0.3) is 0 Å². The van der Waals surface area contributed by atoms with Gasteiger partial charge in [-0.15, -0.1) is 0 Å². The summed E-state index contributed by atoms with van der Waals surface area (Å²) in [5, 5.41) is 8.41. The molecule has 2 saturated heterocycles. The molecule has 6 nitrogen and oxygen atoms in total. The first kappa shape index (κ1) is 13.5. The fraction of sp³-hybridized carbons (Fsp3) is 0.438. The Kier molecular flexibility index (Phi) is 2.84. The highest BCUT2D eigenvalue weighted by Gasteiger charge is 2.55. The summed E-state index contributed by atoms with van der Waals surface area (Å²) in [5.41, 5.74) is 1.70. The van der Waals surface area contributed by atoms with Gasteiger partial charge in [-0.1, -0.05) is 37.6 Å². The largest absolute Gasteiger partial charge is 0.322 e. The van der Waals surface area contributed by atoms with E-state index >= 15 is 0 Å². The van der Waals surface area contributed by atoms with Crippen LogP contribution < -0.4 is 16.0 Å². The highest BCUT2D eigenvalue weighted by molar-refractivity contribution is 6.05. The number of hydrogen-bond acceptors (Lipinski definition) is 4. The van der Waals surface area contributed by atoms with Gasteiger partial charge in [-0.25, -0.2) is 4.79 Å². The summed E-state index contributed by atoms with van der Waals surface area (Å²) in [6.07, 6.45) is 0.291. The van der Waals surface area contributed by atoms with Crippen molar-refractivity contribution in [3.05, 3.63) is 35.4 Å². The van der Waals surface area contributed by atoms with E-state index in [1.54, 1.807) is 0 Å². The molecular formula is C16H17N3O3. The lowest BCUT2D eigenvalue weighted by molar-refractivity contribution is -0.131. The zero-order valence-corrected chi connectivity index (χ0v) is 12.1. The maximum absolute atomic E-state index is 12.8. The lowest BCUT2D eigenvalue weighted by atomic mass is 9.70. The van der Waals surface area contributed by atoms with Crippen molar-refractivity contribution < 1.29 is 14.4 Å². The number of nitrogens with one attached hydrogen (secondary N) is 3. The van der Waals surface area contributed by atoms with E-state index in [1.165, 1.54) is 0 Å². The van der Waals surface area contributed by atoms with Crippen LogP contribution in [0.25, 0.3) is 0 Å². The Bertz CT molecular complexity index is 687. The van der Waals surface area contributed by atoms with Crippen LogP contribution >= 0.6 is 0 Å². The minimum absolute atomic E-state index is 0.0863. The van der Waals surface area contributed by atoms with Crippen LogP contribution in [0.1, 0.15) is 35.3 Å². The summed E-state index contributed by atoms with van der Waals surface area (Å²) in [5.74, 6) is -0.943. The number of carbonyl (C=O) groups is 3. The van der Waals surface area contributed by atoms with Crippen molar-refractivity contribution in [2.45, 2.75) is 25.6 Å². The molecule has 1 aliphatic carbocycles. The van der Waals surface area contributed by atoms with Crippen molar-refractivity contribution in [3.63, 3.8) is 0 Å². The Labute approximate surface area is 127 Å². The first-order valence-electron chi connectivity index (χ1n) is 7.62. The van der Waals surface area contributed by atoms with Crippen molar-refractivity contribution in [1.82, 2.24) is 16.0 Å². The van der Waals surface area contributed by atoms with Crippen LogP contribution in [0, 0.1) is 17.8 Å². The Hall–Kier alpha value is -2.21. The second-order valence-corrected chi connectivity index (χ2v) is 6.16. The number of piperidine rings is 1. The Morgan fingerprint density at radius 2 is 1.86 bits per heavy atom. The number of carbonyl (C=O) groups excluding carboxylic acids is 3. The molecule has 5 atom stereocenters. The number of urea groups is 1. The minimum atomic E-state index is -0.482. The summed E-state index contributed by atoms with van der Waals surface area (Å²) >= 11 is 0. The van der Waals surface area contributed by atoms with Gasteiger partial charge in [-0.3, -0.25) is 20.2 Å². The predicted octanol–water partition coefficient (Wildman–Crippen LogP) is 0.951. The maximum Gasteiger partial charge on any atom is 0.322 e. The molecule has 5 unspecified atom stereocenters. The Balaban J connectivity index is 1.79. The van der Waals surface area contributed by atoms with Gasteiger partial charge in [-0.05, 0) is 11.5 Å². The van der Waals surface area contributed by atoms with E-state index < -0.39 is 18.1 Å². The molecular weight excluding hydrogens is 282 g/mol. The van der Waals surface area contributed by atoms with Gasteiger partial charge in [-0.2, -0.15) is 0 Å². The molecule has 2 heterocycles. The van der Waals surface area contributed by atoms with E-state index in [4.69, 9.17) is 0 Å². The average molecular weight is 299 g/mol. The summed E-state index contributed by atoms with van der Waals surface area (Å²) in [4.78, 5) is 36.6. The fourth-order valence-corrected chi connectivity index (χ4v) is 4.28. The van der Waals surface area contributed by atoms with Crippen LogP contribution in [-0.2, 0) is 4.79 Å². The molecule has 1 aromatic rings. The molecule has 4 rings (SSSR count). The van der Waals surface area contributed by atoms with Crippen LogP contribution in [0.4, 0.5) is 4.79 Å². The summed E-state index contributed by atoms with van der Waals surface area (Å²) in [6.45, 7) is 1.99. The fourth-order valence-electron chi connectivity index (χ4n) is 4.28. The van der Waals surface area contributed by atoms with Crippen molar-refractivity contribution in [2.24, 2.45) is 17.8 Å². The van der Waals surface area contributed by atoms with E-state index in [0.717, 1.165) is 11.1 Å². The van der Waals surface area contributed by atoms with Crippen LogP contribution in [0.2, 0.25) is 0 Å². The zero-order valence-electron chi connectivity index (χ0n) is 12.1. The van der Waals surface area contributed by atoms with Gasteiger partial charge in [0.2, 0.25) is 5.91 Å². The molecule has 0 spiro atoms. The molecule has 22 heavy (non-hydrogen) atoms. The minimum Gasteiger partial charge on any atom is -0.322 e. The van der Waals surface area contributed by atoms with Gasteiger partial charge in [0.05, 0.1) is 12.1 Å². The summed E-state index contributed by atoms with van der Waals surface area (Å²) in [7, 11) is 0. The van der Waals surface area contributed by atoms with E-state index in [-0.39, 0.29) is 29.6 Å². The number of hydrogen-bond donors (Lipinski definition) is 3. The molecule has 114 valence electrons. The third-order valence-electron chi connectivity index (χ3n) is 5.16. The number of imide groups is 1. The third-order valence-corrected chi connectivity index (χ3v) is 5.16. The molecule has 3 N–H and O–H groups in total. The van der Waals surface area contributed by atoms with Gasteiger partial charge in [0.1, 0.15) is 0 Å². The number of amides is 3.